The number of ether oxygens (including phenoxy) is 1. The summed E-state index contributed by atoms with van der Waals surface area (Å²) in [6.07, 6.45) is 1.74. The molecule has 2 heterocycles. The molecular formula is C18H16N2O7S2. The van der Waals surface area contributed by atoms with Crippen molar-refractivity contribution >= 4 is 47.1 Å². The van der Waals surface area contributed by atoms with Crippen LogP contribution in [0.5, 0.6) is 0 Å². The van der Waals surface area contributed by atoms with Crippen molar-refractivity contribution in [1.82, 2.24) is 4.90 Å². The van der Waals surface area contributed by atoms with Crippen LogP contribution in [0.15, 0.2) is 45.8 Å². The lowest BCUT2D eigenvalue weighted by atomic mass is 10.1. The van der Waals surface area contributed by atoms with Crippen LogP contribution < -0.4 is 0 Å². The Labute approximate surface area is 173 Å². The maximum absolute atomic E-state index is 12.0. The van der Waals surface area contributed by atoms with Gasteiger partial charge in [0.15, 0.2) is 5.70 Å². The molecule has 1 fully saturated rings. The van der Waals surface area contributed by atoms with Crippen molar-refractivity contribution in [1.29, 1.82) is 0 Å². The fraction of sp³-hybridized carbons (Fsp3) is 0.278. The molecule has 1 aromatic rings. The standard InChI is InChI=1S/C18H16N2O7S2/c1-2-12-15(22)19-14(17(23)24)18(29-16(12)19)28-8-7-13(21)27-9-10-3-5-11(6-4-10)20(25)26/h2-6,16H,7-9H2,1H3,(H,23,24)/t16-/m0/s1. The molecule has 0 spiro atoms. The van der Waals surface area contributed by atoms with E-state index in [9.17, 15) is 29.6 Å². The summed E-state index contributed by atoms with van der Waals surface area (Å²) in [6, 6.07) is 5.69. The van der Waals surface area contributed by atoms with Crippen molar-refractivity contribution in [2.24, 2.45) is 0 Å². The summed E-state index contributed by atoms with van der Waals surface area (Å²) in [4.78, 5) is 46.8. The van der Waals surface area contributed by atoms with E-state index >= 15 is 0 Å². The Balaban J connectivity index is 1.49. The first kappa shape index (κ1) is 20.9. The summed E-state index contributed by atoms with van der Waals surface area (Å²) in [5.74, 6) is -1.64. The Morgan fingerprint density at radius 3 is 2.66 bits per heavy atom. The number of nitro benzene ring substituents is 1. The van der Waals surface area contributed by atoms with E-state index < -0.39 is 16.9 Å². The summed E-state index contributed by atoms with van der Waals surface area (Å²) < 4.78 is 5.63. The zero-order valence-corrected chi connectivity index (χ0v) is 16.8. The lowest BCUT2D eigenvalue weighted by Crippen LogP contribution is -2.51. The first-order valence-corrected chi connectivity index (χ1v) is 10.4. The molecule has 0 unspecified atom stereocenters. The molecule has 11 heteroatoms. The summed E-state index contributed by atoms with van der Waals surface area (Å²) in [5.41, 5.74) is 1.12. The van der Waals surface area contributed by atoms with Gasteiger partial charge in [0.25, 0.3) is 11.6 Å². The van der Waals surface area contributed by atoms with E-state index in [2.05, 4.69) is 0 Å². The number of thioether (sulfide) groups is 2. The number of nitro groups is 1. The second-order valence-electron chi connectivity index (χ2n) is 6.01. The summed E-state index contributed by atoms with van der Waals surface area (Å²) in [5, 5.41) is 19.7. The molecule has 1 saturated heterocycles. The second-order valence-corrected chi connectivity index (χ2v) is 8.47. The highest BCUT2D eigenvalue weighted by molar-refractivity contribution is 8.22. The molecule has 0 aromatic heterocycles. The maximum atomic E-state index is 12.0. The van der Waals surface area contributed by atoms with Gasteiger partial charge >= 0.3 is 11.9 Å². The van der Waals surface area contributed by atoms with Gasteiger partial charge in [0.2, 0.25) is 0 Å². The Kier molecular flexibility index (Phi) is 6.28. The van der Waals surface area contributed by atoms with Gasteiger partial charge in [-0.05, 0) is 24.6 Å². The molecule has 9 nitrogen and oxygen atoms in total. The van der Waals surface area contributed by atoms with E-state index in [1.54, 1.807) is 13.0 Å². The lowest BCUT2D eigenvalue weighted by molar-refractivity contribution is -0.384. The molecule has 1 N–H and O–H groups in total. The van der Waals surface area contributed by atoms with Gasteiger partial charge in [-0.25, -0.2) is 4.79 Å². The van der Waals surface area contributed by atoms with Crippen molar-refractivity contribution in [3.63, 3.8) is 0 Å². The number of non-ortho nitro benzene ring substituents is 1. The van der Waals surface area contributed by atoms with E-state index in [0.717, 1.165) is 0 Å². The number of fused-ring (bicyclic) bond motifs is 1. The Hall–Kier alpha value is -2.79. The molecular weight excluding hydrogens is 420 g/mol. The Bertz CT molecular complexity index is 940. The molecule has 0 bridgehead atoms. The van der Waals surface area contributed by atoms with Crippen LogP contribution in [0, 0.1) is 10.1 Å². The zero-order valence-electron chi connectivity index (χ0n) is 15.2. The Morgan fingerprint density at radius 1 is 1.38 bits per heavy atom. The van der Waals surface area contributed by atoms with Crippen LogP contribution in [0.3, 0.4) is 0 Å². The Morgan fingerprint density at radius 2 is 2.07 bits per heavy atom. The third-order valence-corrected chi connectivity index (χ3v) is 6.82. The first-order valence-electron chi connectivity index (χ1n) is 8.49. The molecule has 2 aliphatic rings. The molecule has 0 radical (unpaired) electrons. The number of amides is 1. The summed E-state index contributed by atoms with van der Waals surface area (Å²) >= 11 is 2.49. The fourth-order valence-corrected chi connectivity index (χ4v) is 5.49. The molecule has 29 heavy (non-hydrogen) atoms. The molecule has 1 atom stereocenters. The number of benzene rings is 1. The minimum atomic E-state index is -1.17. The molecule has 1 amide bonds. The van der Waals surface area contributed by atoms with Crippen LogP contribution in [0.4, 0.5) is 5.69 Å². The number of rotatable bonds is 8. The molecule has 152 valence electrons. The van der Waals surface area contributed by atoms with E-state index in [0.29, 0.717) is 21.1 Å². The number of hydrogen-bond acceptors (Lipinski definition) is 8. The number of hydrogen-bond donors (Lipinski definition) is 1. The third-order valence-electron chi connectivity index (χ3n) is 4.22. The first-order chi connectivity index (χ1) is 13.8. The van der Waals surface area contributed by atoms with Crippen LogP contribution in [-0.2, 0) is 25.7 Å². The predicted octanol–water partition coefficient (Wildman–Crippen LogP) is 2.88. The fourth-order valence-electron chi connectivity index (χ4n) is 2.75. The average Bonchev–Trinajstić information content (AvgIpc) is 3.02. The minimum Gasteiger partial charge on any atom is -0.477 e. The molecule has 0 aliphatic carbocycles. The number of carbonyl (C=O) groups excluding carboxylic acids is 2. The van der Waals surface area contributed by atoms with E-state index in [1.807, 2.05) is 0 Å². The van der Waals surface area contributed by atoms with Crippen molar-refractivity contribution in [2.75, 3.05) is 5.75 Å². The number of nitrogens with zero attached hydrogens (tertiary/aromatic N) is 2. The van der Waals surface area contributed by atoms with Gasteiger partial charge < -0.3 is 9.84 Å². The smallest absolute Gasteiger partial charge is 0.354 e. The maximum Gasteiger partial charge on any atom is 0.354 e. The average molecular weight is 436 g/mol. The van der Waals surface area contributed by atoms with Crippen molar-refractivity contribution in [2.45, 2.75) is 25.3 Å². The lowest BCUT2D eigenvalue weighted by Gasteiger charge is -2.36. The number of esters is 1. The van der Waals surface area contributed by atoms with Gasteiger partial charge in [0.05, 0.1) is 15.6 Å². The quantitative estimate of drug-likeness (QED) is 0.215. The van der Waals surface area contributed by atoms with Crippen LogP contribution >= 0.6 is 23.5 Å². The predicted molar refractivity (Wildman–Crippen MR) is 107 cm³/mol. The number of carboxylic acid groups (broad SMARTS) is 1. The van der Waals surface area contributed by atoms with Crippen molar-refractivity contribution in [3.8, 4) is 0 Å². The van der Waals surface area contributed by atoms with Crippen LogP contribution in [0.25, 0.3) is 0 Å². The van der Waals surface area contributed by atoms with Crippen LogP contribution in [-0.4, -0.2) is 43.9 Å². The SMILES string of the molecule is CC=C1C(=O)N2C(C(=O)O)=C(SCCC(=O)OCc3ccc([N+](=O)[O-])cc3)S[C@@H]12. The molecule has 0 saturated carbocycles. The van der Waals surface area contributed by atoms with Crippen molar-refractivity contribution < 1.29 is 29.2 Å². The number of carboxylic acids is 1. The van der Waals surface area contributed by atoms with Crippen LogP contribution in [0.2, 0.25) is 0 Å². The summed E-state index contributed by atoms with van der Waals surface area (Å²) in [6.45, 7) is 1.73. The molecule has 2 aliphatic heterocycles. The number of aliphatic carboxylic acids is 1. The van der Waals surface area contributed by atoms with E-state index in [-0.39, 0.29) is 35.7 Å². The number of β-lactam (4-membered cyclic amide) rings is 1. The highest BCUT2D eigenvalue weighted by Crippen LogP contribution is 2.52. The van der Waals surface area contributed by atoms with E-state index in [1.165, 1.54) is 52.7 Å². The zero-order chi connectivity index (χ0) is 21.1. The monoisotopic (exact) mass is 436 g/mol. The minimum absolute atomic E-state index is 0.00563. The molecule has 1 aromatic carbocycles. The van der Waals surface area contributed by atoms with Crippen LogP contribution in [0.1, 0.15) is 18.9 Å². The van der Waals surface area contributed by atoms with Gasteiger partial charge in [-0.3, -0.25) is 24.6 Å². The van der Waals surface area contributed by atoms with Crippen molar-refractivity contribution in [3.05, 3.63) is 61.5 Å². The molecule has 3 rings (SSSR count). The van der Waals surface area contributed by atoms with Gasteiger partial charge in [0, 0.05) is 23.5 Å². The van der Waals surface area contributed by atoms with E-state index in [4.69, 9.17) is 4.74 Å². The van der Waals surface area contributed by atoms with Gasteiger partial charge in [-0.1, -0.05) is 17.8 Å². The van der Waals surface area contributed by atoms with Gasteiger partial charge in [-0.2, -0.15) is 0 Å². The van der Waals surface area contributed by atoms with Gasteiger partial charge in [0.1, 0.15) is 12.0 Å². The normalized spacial score (nSPS) is 19.2. The third kappa shape index (κ3) is 4.30. The van der Waals surface area contributed by atoms with Gasteiger partial charge in [-0.15, -0.1) is 11.8 Å². The highest BCUT2D eigenvalue weighted by Gasteiger charge is 2.52. The highest BCUT2D eigenvalue weighted by atomic mass is 32.2. The summed E-state index contributed by atoms with van der Waals surface area (Å²) in [7, 11) is 0. The second kappa shape index (κ2) is 8.70. The number of allylic oxidation sites excluding steroid dienone is 1. The number of carbonyl (C=O) groups is 3. The largest absolute Gasteiger partial charge is 0.477 e. The topological polar surface area (TPSA) is 127 Å².